The van der Waals surface area contributed by atoms with Gasteiger partial charge in [-0.1, -0.05) is 23.9 Å². The predicted octanol–water partition coefficient (Wildman–Crippen LogP) is 4.45. The average Bonchev–Trinajstić information content (AvgIpc) is 3.19. The van der Waals surface area contributed by atoms with Gasteiger partial charge in [-0.25, -0.2) is 0 Å². The van der Waals surface area contributed by atoms with Crippen LogP contribution in [-0.4, -0.2) is 38.5 Å². The van der Waals surface area contributed by atoms with Crippen LogP contribution < -0.4 is 5.32 Å². The number of ether oxygens (including phenoxy) is 1. The van der Waals surface area contributed by atoms with E-state index in [-0.39, 0.29) is 17.3 Å². The van der Waals surface area contributed by atoms with E-state index in [1.54, 1.807) is 6.92 Å². The van der Waals surface area contributed by atoms with Crippen LogP contribution >= 0.6 is 11.8 Å². The van der Waals surface area contributed by atoms with Crippen LogP contribution in [0.3, 0.4) is 0 Å². The fraction of sp³-hybridized carbons (Fsp3) is 0.615. The molecule has 182 valence electrons. The van der Waals surface area contributed by atoms with Crippen molar-refractivity contribution in [1.29, 1.82) is 0 Å². The number of hydrogen-bond donors (Lipinski definition) is 1. The molecule has 0 spiro atoms. The molecule has 4 bridgehead atoms. The van der Waals surface area contributed by atoms with Gasteiger partial charge in [-0.15, -0.1) is 10.2 Å². The van der Waals surface area contributed by atoms with Gasteiger partial charge in [0.15, 0.2) is 11.0 Å². The minimum Gasteiger partial charge on any atom is -0.465 e. The van der Waals surface area contributed by atoms with Crippen LogP contribution in [0.5, 0.6) is 0 Å². The largest absolute Gasteiger partial charge is 0.465 e. The second-order valence-corrected chi connectivity index (χ2v) is 11.8. The number of nitrogens with zero attached hydrogens (tertiary/aromatic N) is 3. The van der Waals surface area contributed by atoms with Gasteiger partial charge in [-0.3, -0.25) is 14.2 Å². The Balaban J connectivity index is 1.36. The molecule has 1 amide bonds. The number of aryl methyl sites for hydroxylation is 1. The fourth-order valence-corrected chi connectivity index (χ4v) is 7.60. The fourth-order valence-electron chi connectivity index (χ4n) is 6.72. The highest BCUT2D eigenvalue weighted by molar-refractivity contribution is 8.00. The Morgan fingerprint density at radius 3 is 2.47 bits per heavy atom. The van der Waals surface area contributed by atoms with Gasteiger partial charge in [0, 0.05) is 11.1 Å². The third-order valence-electron chi connectivity index (χ3n) is 7.79. The minimum absolute atomic E-state index is 0.180. The van der Waals surface area contributed by atoms with Crippen molar-refractivity contribution in [3.05, 3.63) is 35.7 Å². The quantitative estimate of drug-likeness (QED) is 0.442. The van der Waals surface area contributed by atoms with Crippen LogP contribution in [0.1, 0.15) is 63.8 Å². The lowest BCUT2D eigenvalue weighted by Crippen LogP contribution is -2.53. The Labute approximate surface area is 205 Å². The van der Waals surface area contributed by atoms with Gasteiger partial charge in [0.2, 0.25) is 5.91 Å². The van der Waals surface area contributed by atoms with Crippen LogP contribution in [-0.2, 0) is 20.9 Å². The molecule has 34 heavy (non-hydrogen) atoms. The Bertz CT molecular complexity index is 1050. The molecule has 4 aliphatic rings. The number of amides is 1. The van der Waals surface area contributed by atoms with E-state index in [4.69, 9.17) is 4.74 Å². The van der Waals surface area contributed by atoms with Gasteiger partial charge in [0.05, 0.1) is 13.2 Å². The monoisotopic (exact) mass is 482 g/mol. The molecule has 1 atom stereocenters. The van der Waals surface area contributed by atoms with Crippen molar-refractivity contribution in [2.75, 3.05) is 6.61 Å². The van der Waals surface area contributed by atoms with Gasteiger partial charge in [0.25, 0.3) is 0 Å². The van der Waals surface area contributed by atoms with Gasteiger partial charge < -0.3 is 10.1 Å². The van der Waals surface area contributed by atoms with Crippen LogP contribution in [0, 0.1) is 30.1 Å². The van der Waals surface area contributed by atoms with Gasteiger partial charge in [0.1, 0.15) is 5.25 Å². The summed E-state index contributed by atoms with van der Waals surface area (Å²) in [6.07, 6.45) is 7.04. The molecule has 1 aromatic heterocycles. The molecule has 4 aliphatic carbocycles. The first-order valence-corrected chi connectivity index (χ1v) is 13.4. The third kappa shape index (κ3) is 4.49. The minimum atomic E-state index is -0.415. The topological polar surface area (TPSA) is 86.1 Å². The van der Waals surface area contributed by atoms with E-state index in [1.807, 2.05) is 36.6 Å². The number of carbonyl (C=O) groups is 2. The van der Waals surface area contributed by atoms with Crippen LogP contribution in [0.25, 0.3) is 5.69 Å². The maximum atomic E-state index is 13.5. The lowest BCUT2D eigenvalue weighted by Gasteiger charge is -2.55. The zero-order valence-corrected chi connectivity index (χ0v) is 21.1. The lowest BCUT2D eigenvalue weighted by atomic mass is 9.49. The molecule has 1 heterocycles. The zero-order valence-electron chi connectivity index (χ0n) is 20.3. The normalized spacial score (nSPS) is 28.0. The second kappa shape index (κ2) is 9.36. The summed E-state index contributed by atoms with van der Waals surface area (Å²) < 4.78 is 7.12. The van der Waals surface area contributed by atoms with Crippen molar-refractivity contribution in [2.24, 2.45) is 23.2 Å². The SMILES string of the molecule is CCOC(=O)[C@H](C)Sc1nnc(CNC(=O)C23CC4CC(CC(C4)C2)C3)n1-c1cccc(C)c1. The zero-order chi connectivity index (χ0) is 23.9. The number of carbonyl (C=O) groups excluding carboxylic acids is 2. The van der Waals surface area contributed by atoms with Crippen molar-refractivity contribution >= 4 is 23.6 Å². The molecule has 0 saturated heterocycles. The smallest absolute Gasteiger partial charge is 0.319 e. The maximum Gasteiger partial charge on any atom is 0.319 e. The van der Waals surface area contributed by atoms with Gasteiger partial charge in [-0.05, 0) is 94.7 Å². The highest BCUT2D eigenvalue weighted by atomic mass is 32.2. The Morgan fingerprint density at radius 2 is 1.85 bits per heavy atom. The van der Waals surface area contributed by atoms with Crippen molar-refractivity contribution in [3.63, 3.8) is 0 Å². The van der Waals surface area contributed by atoms with E-state index >= 15 is 0 Å². The molecule has 4 saturated carbocycles. The van der Waals surface area contributed by atoms with E-state index in [1.165, 1.54) is 31.0 Å². The first-order chi connectivity index (χ1) is 16.4. The molecule has 4 fully saturated rings. The van der Waals surface area contributed by atoms with Crippen molar-refractivity contribution in [3.8, 4) is 5.69 Å². The summed E-state index contributed by atoms with van der Waals surface area (Å²) in [5.74, 6) is 2.74. The van der Waals surface area contributed by atoms with E-state index < -0.39 is 5.25 Å². The van der Waals surface area contributed by atoms with Crippen LogP contribution in [0.2, 0.25) is 0 Å². The molecule has 6 rings (SSSR count). The summed E-state index contributed by atoms with van der Waals surface area (Å²) >= 11 is 1.32. The molecular weight excluding hydrogens is 448 g/mol. The molecule has 0 unspecified atom stereocenters. The summed E-state index contributed by atoms with van der Waals surface area (Å²) in [5.41, 5.74) is 1.84. The second-order valence-electron chi connectivity index (χ2n) is 10.5. The summed E-state index contributed by atoms with van der Waals surface area (Å²) in [5, 5.41) is 12.2. The Hall–Kier alpha value is -2.35. The maximum absolute atomic E-state index is 13.5. The molecule has 0 radical (unpaired) electrons. The van der Waals surface area contributed by atoms with E-state index in [0.29, 0.717) is 24.1 Å². The Morgan fingerprint density at radius 1 is 1.18 bits per heavy atom. The summed E-state index contributed by atoms with van der Waals surface area (Å²) in [7, 11) is 0. The molecule has 2 aromatic rings. The number of hydrogen-bond acceptors (Lipinski definition) is 6. The van der Waals surface area contributed by atoms with Crippen LogP contribution in [0.15, 0.2) is 29.4 Å². The molecule has 1 aromatic carbocycles. The van der Waals surface area contributed by atoms with Crippen molar-refractivity contribution in [2.45, 2.75) is 76.2 Å². The number of esters is 1. The first-order valence-electron chi connectivity index (χ1n) is 12.5. The summed E-state index contributed by atoms with van der Waals surface area (Å²) in [6, 6.07) is 8.09. The van der Waals surface area contributed by atoms with Gasteiger partial charge in [-0.2, -0.15) is 0 Å². The lowest BCUT2D eigenvalue weighted by molar-refractivity contribution is -0.146. The molecule has 7 nitrogen and oxygen atoms in total. The number of benzene rings is 1. The first kappa shape index (κ1) is 23.4. The predicted molar refractivity (Wildman–Crippen MR) is 130 cm³/mol. The summed E-state index contributed by atoms with van der Waals surface area (Å²) in [4.78, 5) is 25.7. The average molecular weight is 483 g/mol. The molecular formula is C26H34N4O3S. The summed E-state index contributed by atoms with van der Waals surface area (Å²) in [6.45, 7) is 6.31. The van der Waals surface area contributed by atoms with E-state index in [0.717, 1.165) is 48.3 Å². The number of rotatable bonds is 8. The highest BCUT2D eigenvalue weighted by Crippen LogP contribution is 2.60. The number of aromatic nitrogens is 3. The van der Waals surface area contributed by atoms with E-state index in [2.05, 4.69) is 21.6 Å². The molecule has 0 aliphatic heterocycles. The number of thioether (sulfide) groups is 1. The highest BCUT2D eigenvalue weighted by Gasteiger charge is 2.54. The molecule has 8 heteroatoms. The van der Waals surface area contributed by atoms with Crippen LogP contribution in [0.4, 0.5) is 0 Å². The molecule has 1 N–H and O–H groups in total. The Kier molecular flexibility index (Phi) is 6.44. The van der Waals surface area contributed by atoms with Gasteiger partial charge >= 0.3 is 5.97 Å². The van der Waals surface area contributed by atoms with Crippen molar-refractivity contribution in [1.82, 2.24) is 20.1 Å². The van der Waals surface area contributed by atoms with E-state index in [9.17, 15) is 9.59 Å². The third-order valence-corrected chi connectivity index (χ3v) is 8.81. The number of nitrogens with one attached hydrogen (secondary N) is 1. The standard InChI is InChI=1S/C26H34N4O3S/c1-4-33-23(31)17(3)34-25-29-28-22(30(25)21-7-5-6-16(2)8-21)15-27-24(32)26-12-18-9-19(13-26)11-20(10-18)14-26/h5-8,17-20H,4,9-15H2,1-3H3,(H,27,32)/t17-,18?,19?,20?,26?/m0/s1. The van der Waals surface area contributed by atoms with Crippen molar-refractivity contribution < 1.29 is 14.3 Å².